The van der Waals surface area contributed by atoms with Gasteiger partial charge in [0.2, 0.25) is 5.91 Å². The molecule has 21 heavy (non-hydrogen) atoms. The largest absolute Gasteiger partial charge is 0.481 e. The molecule has 2 N–H and O–H groups in total. The fraction of sp³-hybridized carbons (Fsp3) is 0.692. The lowest BCUT2D eigenvalue weighted by atomic mass is 10.1. The number of carbonyl (C=O) groups is 4. The van der Waals surface area contributed by atoms with Crippen LogP contribution in [0.4, 0.5) is 4.79 Å². The first kappa shape index (κ1) is 16.9. The Balaban J connectivity index is 2.73. The lowest BCUT2D eigenvalue weighted by molar-refractivity contribution is -0.144. The molecule has 1 heterocycles. The highest BCUT2D eigenvalue weighted by molar-refractivity contribution is 6.08. The minimum atomic E-state index is -1.03. The van der Waals surface area contributed by atoms with Crippen molar-refractivity contribution in [2.24, 2.45) is 5.92 Å². The average Bonchev–Trinajstić information content (AvgIpc) is 2.57. The van der Waals surface area contributed by atoms with Crippen molar-refractivity contribution in [3.63, 3.8) is 0 Å². The molecule has 1 aliphatic heterocycles. The smallest absolute Gasteiger partial charge is 0.325 e. The van der Waals surface area contributed by atoms with Crippen LogP contribution >= 0.6 is 0 Å². The molecule has 0 aromatic carbocycles. The number of hydrogen-bond donors (Lipinski definition) is 2. The molecule has 4 amide bonds. The van der Waals surface area contributed by atoms with Gasteiger partial charge in [0.05, 0.1) is 5.92 Å². The molecule has 1 aliphatic rings. The number of aliphatic carboxylic acids is 1. The number of rotatable bonds is 6. The number of carboxylic acid groups (broad SMARTS) is 1. The molecule has 0 saturated carbocycles. The molecule has 1 rings (SSSR count). The number of imide groups is 1. The van der Waals surface area contributed by atoms with Gasteiger partial charge in [0.25, 0.3) is 5.91 Å². The molecule has 1 unspecified atom stereocenters. The van der Waals surface area contributed by atoms with Crippen LogP contribution in [-0.4, -0.2) is 63.9 Å². The van der Waals surface area contributed by atoms with Gasteiger partial charge in [0.1, 0.15) is 12.1 Å². The number of carboxylic acids is 1. The van der Waals surface area contributed by atoms with E-state index in [-0.39, 0.29) is 13.1 Å². The number of likely N-dealkylation sites (N-methyl/N-ethyl adjacent to an activating group) is 1. The molecular weight excluding hydrogens is 278 g/mol. The van der Waals surface area contributed by atoms with E-state index in [4.69, 9.17) is 5.11 Å². The second-order valence-electron chi connectivity index (χ2n) is 5.62. The van der Waals surface area contributed by atoms with Crippen LogP contribution in [0.15, 0.2) is 0 Å². The van der Waals surface area contributed by atoms with E-state index in [1.54, 1.807) is 20.8 Å². The number of urea groups is 1. The summed E-state index contributed by atoms with van der Waals surface area (Å²) < 4.78 is 0. The van der Waals surface area contributed by atoms with Gasteiger partial charge in [0, 0.05) is 13.1 Å². The standard InChI is InChI=1S/C13H21N3O5/c1-5-15(6-8(2)10(18)19)9(17)7-16-11(20)13(3,4)14-12(16)21/h8H,5-7H2,1-4H3,(H,14,21)(H,18,19). The van der Waals surface area contributed by atoms with E-state index in [1.165, 1.54) is 11.8 Å². The second kappa shape index (κ2) is 6.11. The van der Waals surface area contributed by atoms with Crippen molar-refractivity contribution < 1.29 is 24.3 Å². The molecular formula is C13H21N3O5. The van der Waals surface area contributed by atoms with Crippen LogP contribution in [0.5, 0.6) is 0 Å². The number of hydrogen-bond acceptors (Lipinski definition) is 4. The number of carbonyl (C=O) groups excluding carboxylic acids is 3. The average molecular weight is 299 g/mol. The zero-order chi connectivity index (χ0) is 16.4. The van der Waals surface area contributed by atoms with Crippen LogP contribution in [0.25, 0.3) is 0 Å². The maximum atomic E-state index is 12.1. The van der Waals surface area contributed by atoms with Gasteiger partial charge in [-0.2, -0.15) is 0 Å². The van der Waals surface area contributed by atoms with Gasteiger partial charge >= 0.3 is 12.0 Å². The van der Waals surface area contributed by atoms with Gasteiger partial charge in [-0.15, -0.1) is 0 Å². The summed E-state index contributed by atoms with van der Waals surface area (Å²) in [5.41, 5.74) is -1.03. The Morgan fingerprint density at radius 3 is 2.33 bits per heavy atom. The van der Waals surface area contributed by atoms with Gasteiger partial charge in [-0.05, 0) is 20.8 Å². The van der Waals surface area contributed by atoms with Crippen LogP contribution in [0.1, 0.15) is 27.7 Å². The first-order valence-corrected chi connectivity index (χ1v) is 6.74. The van der Waals surface area contributed by atoms with Crippen LogP contribution in [-0.2, 0) is 14.4 Å². The van der Waals surface area contributed by atoms with Gasteiger partial charge in [-0.1, -0.05) is 6.92 Å². The summed E-state index contributed by atoms with van der Waals surface area (Å²) in [6.45, 7) is 6.29. The fourth-order valence-electron chi connectivity index (χ4n) is 2.01. The van der Waals surface area contributed by atoms with E-state index in [9.17, 15) is 19.2 Å². The SMILES string of the molecule is CCN(CC(C)C(=O)O)C(=O)CN1C(=O)NC(C)(C)C1=O. The van der Waals surface area contributed by atoms with Gasteiger partial charge in [0.15, 0.2) is 0 Å². The summed E-state index contributed by atoms with van der Waals surface area (Å²) in [4.78, 5) is 48.9. The molecule has 118 valence electrons. The van der Waals surface area contributed by atoms with Gasteiger partial charge < -0.3 is 15.3 Å². The predicted molar refractivity (Wildman–Crippen MR) is 73.4 cm³/mol. The molecule has 1 atom stereocenters. The monoisotopic (exact) mass is 299 g/mol. The van der Waals surface area contributed by atoms with E-state index in [2.05, 4.69) is 5.32 Å². The summed E-state index contributed by atoms with van der Waals surface area (Å²) in [6.07, 6.45) is 0. The molecule has 0 radical (unpaired) electrons. The summed E-state index contributed by atoms with van der Waals surface area (Å²) in [6, 6.07) is -0.610. The molecule has 0 aromatic rings. The Bertz CT molecular complexity index is 474. The zero-order valence-corrected chi connectivity index (χ0v) is 12.7. The number of amides is 4. The maximum absolute atomic E-state index is 12.1. The topological polar surface area (TPSA) is 107 Å². The fourth-order valence-corrected chi connectivity index (χ4v) is 2.01. The van der Waals surface area contributed by atoms with Crippen molar-refractivity contribution in [3.8, 4) is 0 Å². The quantitative estimate of drug-likeness (QED) is 0.665. The van der Waals surface area contributed by atoms with Crippen LogP contribution in [0.3, 0.4) is 0 Å². The lowest BCUT2D eigenvalue weighted by Crippen LogP contribution is -2.46. The molecule has 8 heteroatoms. The minimum absolute atomic E-state index is 0.0394. The first-order chi connectivity index (χ1) is 9.60. The van der Waals surface area contributed by atoms with E-state index in [1.807, 2.05) is 0 Å². The second-order valence-corrected chi connectivity index (χ2v) is 5.62. The Morgan fingerprint density at radius 1 is 1.38 bits per heavy atom. The van der Waals surface area contributed by atoms with Crippen LogP contribution in [0.2, 0.25) is 0 Å². The molecule has 1 fully saturated rings. The predicted octanol–water partition coefficient (Wildman–Crippen LogP) is -0.114. The molecule has 0 bridgehead atoms. The van der Waals surface area contributed by atoms with Crippen LogP contribution < -0.4 is 5.32 Å². The lowest BCUT2D eigenvalue weighted by Gasteiger charge is -2.25. The first-order valence-electron chi connectivity index (χ1n) is 6.74. The van der Waals surface area contributed by atoms with Crippen molar-refractivity contribution >= 4 is 23.8 Å². The van der Waals surface area contributed by atoms with Gasteiger partial charge in [-0.25, -0.2) is 4.79 Å². The van der Waals surface area contributed by atoms with E-state index in [0.29, 0.717) is 6.54 Å². The van der Waals surface area contributed by atoms with Crippen molar-refractivity contribution in [2.75, 3.05) is 19.6 Å². The van der Waals surface area contributed by atoms with E-state index < -0.39 is 35.3 Å². The van der Waals surface area contributed by atoms with Crippen LogP contribution in [0, 0.1) is 5.92 Å². The molecule has 0 spiro atoms. The molecule has 8 nitrogen and oxygen atoms in total. The normalized spacial score (nSPS) is 18.4. The minimum Gasteiger partial charge on any atom is -0.481 e. The Morgan fingerprint density at radius 2 is 1.95 bits per heavy atom. The molecule has 0 aliphatic carbocycles. The maximum Gasteiger partial charge on any atom is 0.325 e. The van der Waals surface area contributed by atoms with Crippen molar-refractivity contribution in [1.29, 1.82) is 0 Å². The highest BCUT2D eigenvalue weighted by atomic mass is 16.4. The molecule has 0 aromatic heterocycles. The summed E-state index contributed by atoms with van der Waals surface area (Å²) in [5, 5.41) is 11.4. The number of nitrogens with one attached hydrogen (secondary N) is 1. The van der Waals surface area contributed by atoms with Gasteiger partial charge in [-0.3, -0.25) is 19.3 Å². The van der Waals surface area contributed by atoms with Crippen molar-refractivity contribution in [2.45, 2.75) is 33.2 Å². The highest BCUT2D eigenvalue weighted by Gasteiger charge is 2.45. The Kier molecular flexibility index (Phi) is 4.93. The third kappa shape index (κ3) is 3.71. The summed E-state index contributed by atoms with van der Waals surface area (Å²) in [5.74, 6) is -2.64. The van der Waals surface area contributed by atoms with E-state index in [0.717, 1.165) is 4.90 Å². The van der Waals surface area contributed by atoms with Crippen molar-refractivity contribution in [3.05, 3.63) is 0 Å². The summed E-state index contributed by atoms with van der Waals surface area (Å²) >= 11 is 0. The Hall–Kier alpha value is -2.12. The summed E-state index contributed by atoms with van der Waals surface area (Å²) in [7, 11) is 0. The third-order valence-corrected chi connectivity index (χ3v) is 3.39. The Labute approximate surface area is 123 Å². The highest BCUT2D eigenvalue weighted by Crippen LogP contribution is 2.16. The van der Waals surface area contributed by atoms with E-state index >= 15 is 0 Å². The van der Waals surface area contributed by atoms with Crippen molar-refractivity contribution in [1.82, 2.24) is 15.1 Å². The third-order valence-electron chi connectivity index (χ3n) is 3.39. The molecule has 1 saturated heterocycles. The number of nitrogens with zero attached hydrogens (tertiary/aromatic N) is 2. The zero-order valence-electron chi connectivity index (χ0n) is 12.7.